The quantitative estimate of drug-likeness (QED) is 0.400. The molecule has 2 saturated carbocycles. The predicted octanol–water partition coefficient (Wildman–Crippen LogP) is 4.85. The van der Waals surface area contributed by atoms with E-state index in [0.717, 1.165) is 36.3 Å². The third-order valence-electron chi connectivity index (χ3n) is 9.03. The zero-order chi connectivity index (χ0) is 23.1. The molecular formula is C27H44O5. The van der Waals surface area contributed by atoms with E-state index in [-0.39, 0.29) is 6.10 Å². The van der Waals surface area contributed by atoms with Crippen molar-refractivity contribution in [3.05, 3.63) is 22.8 Å². The molecule has 0 aromatic heterocycles. The second-order valence-electron chi connectivity index (χ2n) is 12.0. The van der Waals surface area contributed by atoms with Gasteiger partial charge in [-0.25, -0.2) is 9.78 Å². The van der Waals surface area contributed by atoms with Crippen LogP contribution in [0.4, 0.5) is 0 Å². The number of fused-ring (bicyclic) bond motifs is 1. The Morgan fingerprint density at radius 1 is 1.22 bits per heavy atom. The molecule has 1 unspecified atom stereocenters. The Morgan fingerprint density at radius 2 is 2.00 bits per heavy atom. The van der Waals surface area contributed by atoms with Gasteiger partial charge in [-0.1, -0.05) is 32.3 Å². The van der Waals surface area contributed by atoms with Crippen LogP contribution in [0.15, 0.2) is 22.8 Å². The van der Waals surface area contributed by atoms with Gasteiger partial charge < -0.3 is 15.3 Å². The molecule has 2 fully saturated rings. The van der Waals surface area contributed by atoms with Crippen molar-refractivity contribution < 1.29 is 25.1 Å². The summed E-state index contributed by atoms with van der Waals surface area (Å²) in [6.07, 6.45) is 11.0. The van der Waals surface area contributed by atoms with E-state index in [1.54, 1.807) is 0 Å². The molecular weight excluding hydrogens is 404 g/mol. The summed E-state index contributed by atoms with van der Waals surface area (Å²) in [7, 11) is 0. The minimum absolute atomic E-state index is 0.288. The van der Waals surface area contributed by atoms with E-state index < -0.39 is 17.8 Å². The first-order valence-corrected chi connectivity index (χ1v) is 12.9. The lowest BCUT2D eigenvalue weighted by atomic mass is 9.60. The van der Waals surface area contributed by atoms with Crippen molar-refractivity contribution in [2.24, 2.45) is 23.2 Å². The molecule has 5 heteroatoms. The molecule has 32 heavy (non-hydrogen) atoms. The number of aliphatic hydroxyl groups is 3. The summed E-state index contributed by atoms with van der Waals surface area (Å²) in [6, 6.07) is 0. The van der Waals surface area contributed by atoms with Crippen LogP contribution < -0.4 is 0 Å². The van der Waals surface area contributed by atoms with Crippen LogP contribution >= 0.6 is 0 Å². The Labute approximate surface area is 193 Å². The van der Waals surface area contributed by atoms with Crippen molar-refractivity contribution in [2.45, 2.75) is 116 Å². The van der Waals surface area contributed by atoms with Crippen LogP contribution in [0.3, 0.4) is 0 Å². The molecule has 0 spiro atoms. The topological polar surface area (TPSA) is 79.2 Å². The van der Waals surface area contributed by atoms with Gasteiger partial charge in [0.25, 0.3) is 0 Å². The number of hydrogen-bond acceptors (Lipinski definition) is 5. The Balaban J connectivity index is 1.49. The molecule has 182 valence electrons. The third kappa shape index (κ3) is 5.02. The Morgan fingerprint density at radius 3 is 2.75 bits per heavy atom. The van der Waals surface area contributed by atoms with Crippen LogP contribution in [-0.4, -0.2) is 45.8 Å². The summed E-state index contributed by atoms with van der Waals surface area (Å²) >= 11 is 0. The van der Waals surface area contributed by atoms with E-state index in [2.05, 4.69) is 19.9 Å². The number of rotatable bonds is 6. The van der Waals surface area contributed by atoms with Crippen molar-refractivity contribution in [2.75, 3.05) is 6.61 Å². The van der Waals surface area contributed by atoms with Crippen molar-refractivity contribution in [3.63, 3.8) is 0 Å². The molecule has 4 rings (SSSR count). The second kappa shape index (κ2) is 9.50. The third-order valence-corrected chi connectivity index (χ3v) is 9.03. The lowest BCUT2D eigenvalue weighted by Crippen LogP contribution is -2.38. The fourth-order valence-electron chi connectivity index (χ4n) is 7.39. The normalized spacial score (nSPS) is 40.3. The average molecular weight is 449 g/mol. The maximum atomic E-state index is 10.4. The molecule has 4 aliphatic rings. The lowest BCUT2D eigenvalue weighted by Gasteiger charge is -2.45. The highest BCUT2D eigenvalue weighted by Crippen LogP contribution is 2.60. The van der Waals surface area contributed by atoms with Gasteiger partial charge >= 0.3 is 0 Å². The van der Waals surface area contributed by atoms with Gasteiger partial charge in [-0.05, 0) is 99.2 Å². The van der Waals surface area contributed by atoms with Gasteiger partial charge in [0.05, 0.1) is 17.8 Å². The van der Waals surface area contributed by atoms with Gasteiger partial charge in [0.1, 0.15) is 12.7 Å². The predicted molar refractivity (Wildman–Crippen MR) is 125 cm³/mol. The molecule has 0 aromatic carbocycles. The summed E-state index contributed by atoms with van der Waals surface area (Å²) in [5.74, 6) is 1.96. The monoisotopic (exact) mass is 448 g/mol. The van der Waals surface area contributed by atoms with Gasteiger partial charge in [-0.15, -0.1) is 0 Å². The zero-order valence-corrected chi connectivity index (χ0v) is 20.5. The first-order valence-electron chi connectivity index (χ1n) is 12.9. The Kier molecular flexibility index (Phi) is 7.24. The first-order chi connectivity index (χ1) is 15.1. The molecule has 0 bridgehead atoms. The second-order valence-corrected chi connectivity index (χ2v) is 12.0. The standard InChI is InChI=1S/C27H44O5/c1-17(7-5-11-26(2,3)30)22-9-10-23-18(8-6-12-27(22,23)4)13-25-20-14-19(28)15-24(29)21(20)16-31-32-25/h13,17,19,22-25,28-30H,5-12,14-16H2,1-4H3/b18-13+/t17-,19-,22-,23+,24+,25?,27-/m1/s1. The number of allylic oxidation sites excluding steroid dienone is 1. The maximum Gasteiger partial charge on any atom is 0.133 e. The van der Waals surface area contributed by atoms with Gasteiger partial charge in [-0.2, -0.15) is 0 Å². The van der Waals surface area contributed by atoms with Crippen LogP contribution in [0.1, 0.15) is 91.9 Å². The van der Waals surface area contributed by atoms with Crippen molar-refractivity contribution >= 4 is 0 Å². The van der Waals surface area contributed by atoms with Gasteiger partial charge in [-0.3, -0.25) is 0 Å². The van der Waals surface area contributed by atoms with E-state index in [9.17, 15) is 15.3 Å². The van der Waals surface area contributed by atoms with Crippen LogP contribution in [0.25, 0.3) is 0 Å². The SMILES string of the molecule is C[C@H](CCCC(C)(C)O)[C@H]1CC[C@H]2/C(=C/C3OOCC4=C3C[C@@H](O)C[C@@H]4O)CCC[C@]12C. The van der Waals surface area contributed by atoms with Crippen LogP contribution in [0.2, 0.25) is 0 Å². The summed E-state index contributed by atoms with van der Waals surface area (Å²) in [4.78, 5) is 11.1. The fraction of sp³-hybridized carbons (Fsp3) is 0.852. The molecule has 3 aliphatic carbocycles. The highest BCUT2D eigenvalue weighted by atomic mass is 17.2. The minimum atomic E-state index is -0.629. The molecule has 3 N–H and O–H groups in total. The molecule has 0 aromatic rings. The van der Waals surface area contributed by atoms with Crippen LogP contribution in [0.5, 0.6) is 0 Å². The largest absolute Gasteiger partial charge is 0.393 e. The van der Waals surface area contributed by atoms with Crippen molar-refractivity contribution in [1.82, 2.24) is 0 Å². The average Bonchev–Trinajstić information content (AvgIpc) is 3.05. The van der Waals surface area contributed by atoms with Crippen LogP contribution in [0, 0.1) is 23.2 Å². The summed E-state index contributed by atoms with van der Waals surface area (Å²) in [5, 5.41) is 30.7. The molecule has 0 radical (unpaired) electrons. The summed E-state index contributed by atoms with van der Waals surface area (Å²) < 4.78 is 0. The van der Waals surface area contributed by atoms with E-state index in [1.165, 1.54) is 37.7 Å². The summed E-state index contributed by atoms with van der Waals surface area (Å²) in [5.41, 5.74) is 3.17. The van der Waals surface area contributed by atoms with Gasteiger partial charge in [0.15, 0.2) is 0 Å². The molecule has 1 aliphatic heterocycles. The van der Waals surface area contributed by atoms with E-state index in [0.29, 0.717) is 36.7 Å². The van der Waals surface area contributed by atoms with Gasteiger partial charge in [0, 0.05) is 6.42 Å². The van der Waals surface area contributed by atoms with Crippen molar-refractivity contribution in [1.29, 1.82) is 0 Å². The van der Waals surface area contributed by atoms with E-state index in [1.807, 2.05) is 13.8 Å². The maximum absolute atomic E-state index is 10.4. The number of hydrogen-bond donors (Lipinski definition) is 3. The van der Waals surface area contributed by atoms with E-state index in [4.69, 9.17) is 9.78 Å². The van der Waals surface area contributed by atoms with E-state index >= 15 is 0 Å². The lowest BCUT2D eigenvalue weighted by molar-refractivity contribution is -0.312. The van der Waals surface area contributed by atoms with Crippen LogP contribution in [-0.2, 0) is 9.78 Å². The highest BCUT2D eigenvalue weighted by molar-refractivity contribution is 5.33. The minimum Gasteiger partial charge on any atom is -0.393 e. The fourth-order valence-corrected chi connectivity index (χ4v) is 7.39. The summed E-state index contributed by atoms with van der Waals surface area (Å²) in [6.45, 7) is 9.04. The highest BCUT2D eigenvalue weighted by Gasteiger charge is 2.51. The molecule has 0 amide bonds. The zero-order valence-electron chi connectivity index (χ0n) is 20.5. The first kappa shape index (κ1) is 24.4. The number of aliphatic hydroxyl groups excluding tert-OH is 2. The Hall–Kier alpha value is -0.720. The molecule has 1 heterocycles. The molecule has 7 atom stereocenters. The molecule has 5 nitrogen and oxygen atoms in total. The van der Waals surface area contributed by atoms with Gasteiger partial charge in [0.2, 0.25) is 0 Å². The Bertz CT molecular complexity index is 735. The molecule has 0 saturated heterocycles. The smallest absolute Gasteiger partial charge is 0.133 e. The van der Waals surface area contributed by atoms with Crippen molar-refractivity contribution in [3.8, 4) is 0 Å².